The number of esters is 1. The summed E-state index contributed by atoms with van der Waals surface area (Å²) in [5.74, 6) is -2.59. The minimum Gasteiger partial charge on any atom is -0.462 e. The Morgan fingerprint density at radius 1 is 1.10 bits per heavy atom. The number of hydrogen-bond donors (Lipinski definition) is 3. The number of carbonyl (C=O) groups excluding carboxylic acids is 3. The molecule has 0 spiro atoms. The van der Waals surface area contributed by atoms with Crippen LogP contribution in [0.15, 0.2) is 12.2 Å². The lowest BCUT2D eigenvalue weighted by atomic mass is 9.79. The van der Waals surface area contributed by atoms with Crippen molar-refractivity contribution in [3.8, 4) is 0 Å². The maximum atomic E-state index is 13.2. The number of ketones is 1. The number of carbonyl (C=O) groups is 3. The zero-order chi connectivity index (χ0) is 31.5. The van der Waals surface area contributed by atoms with Gasteiger partial charge in [0.05, 0.1) is 43.0 Å². The van der Waals surface area contributed by atoms with Crippen LogP contribution in [0.5, 0.6) is 0 Å². The fourth-order valence-electron chi connectivity index (χ4n) is 6.58. The van der Waals surface area contributed by atoms with Crippen LogP contribution in [0.25, 0.3) is 0 Å². The van der Waals surface area contributed by atoms with Gasteiger partial charge >= 0.3 is 5.97 Å². The van der Waals surface area contributed by atoms with Crippen molar-refractivity contribution in [3.63, 3.8) is 0 Å². The second-order valence-electron chi connectivity index (χ2n) is 12.9. The summed E-state index contributed by atoms with van der Waals surface area (Å²) in [5, 5.41) is 33.1. The molecule has 3 heterocycles. The number of ether oxygens (including phenoxy) is 4. The minimum atomic E-state index is -1.25. The molecule has 2 saturated heterocycles. The van der Waals surface area contributed by atoms with Crippen molar-refractivity contribution in [2.75, 3.05) is 14.1 Å². The highest BCUT2D eigenvalue weighted by Gasteiger charge is 2.55. The molecule has 2 fully saturated rings. The van der Waals surface area contributed by atoms with Gasteiger partial charge in [0.1, 0.15) is 24.1 Å². The topological polar surface area (TPSA) is 155 Å². The van der Waals surface area contributed by atoms with Crippen LogP contribution in [0.2, 0.25) is 0 Å². The van der Waals surface area contributed by atoms with E-state index in [4.69, 9.17) is 18.9 Å². The van der Waals surface area contributed by atoms with Gasteiger partial charge in [-0.2, -0.15) is 0 Å². The van der Waals surface area contributed by atoms with E-state index in [1.807, 2.05) is 20.8 Å². The van der Waals surface area contributed by atoms with E-state index in [0.29, 0.717) is 6.42 Å². The van der Waals surface area contributed by atoms with Crippen molar-refractivity contribution in [1.82, 2.24) is 4.90 Å². The normalized spacial score (nSPS) is 46.5. The number of rotatable bonds is 6. The van der Waals surface area contributed by atoms with Gasteiger partial charge in [-0.05, 0) is 58.9 Å². The monoisotopic (exact) mass is 597 g/mol. The summed E-state index contributed by atoms with van der Waals surface area (Å²) in [6.07, 6.45) is -2.34. The molecule has 0 aromatic heterocycles. The maximum Gasteiger partial charge on any atom is 0.308 e. The number of fused-ring (bicyclic) bond motifs is 1. The molecule has 240 valence electrons. The standard InChI is InChI=1S/C31H51NO10/c1-9-23-18(4)29-31(6,42-29)12-10-21(34)16(2)14-20(11-13-33)28(17(3)22(35)15-24(36)40-23)41-30-27(38)25(32(7)8)26(37)19(5)39-30/h10,12-13,16-20,22-23,25-30,35,37-38H,9,11,14-15H2,1-8H3/b12-10+/t16-,17+,18-,19-,20-,22-,23-,25+,26-,27-,28-,29+,30+,31+/m1/s1. The van der Waals surface area contributed by atoms with Crippen LogP contribution in [0, 0.1) is 23.7 Å². The third-order valence-corrected chi connectivity index (χ3v) is 9.42. The van der Waals surface area contributed by atoms with E-state index in [-0.39, 0.29) is 37.1 Å². The largest absolute Gasteiger partial charge is 0.462 e. The molecule has 14 atom stereocenters. The third-order valence-electron chi connectivity index (χ3n) is 9.42. The van der Waals surface area contributed by atoms with Gasteiger partial charge < -0.3 is 44.0 Å². The van der Waals surface area contributed by atoms with Gasteiger partial charge in [-0.3, -0.25) is 9.59 Å². The molecule has 0 unspecified atom stereocenters. The van der Waals surface area contributed by atoms with Crippen molar-refractivity contribution in [3.05, 3.63) is 12.2 Å². The zero-order valence-corrected chi connectivity index (χ0v) is 26.2. The van der Waals surface area contributed by atoms with Crippen molar-refractivity contribution < 1.29 is 48.7 Å². The van der Waals surface area contributed by atoms with Crippen molar-refractivity contribution in [2.45, 2.75) is 128 Å². The Morgan fingerprint density at radius 3 is 2.36 bits per heavy atom. The SMILES string of the molecule is CC[C@H]1OC(=O)C[C@@H](O)[C@H](C)[C@@H](O[C@@H]2O[C@H](C)[C@@H](O)[C@H](N(C)C)[C@H]2O)[C@H](CC=O)C[C@@H](C)C(=O)/C=C/[C@]2(C)O[C@H]2[C@@H]1C. The summed E-state index contributed by atoms with van der Waals surface area (Å²) >= 11 is 0. The van der Waals surface area contributed by atoms with Gasteiger partial charge in [-0.15, -0.1) is 0 Å². The molecule has 0 amide bonds. The second kappa shape index (κ2) is 14.4. The van der Waals surface area contributed by atoms with Gasteiger partial charge in [0.25, 0.3) is 0 Å². The van der Waals surface area contributed by atoms with E-state index < -0.39 is 78.3 Å². The van der Waals surface area contributed by atoms with E-state index in [1.54, 1.807) is 45.8 Å². The molecule has 11 heteroatoms. The predicted octanol–water partition coefficient (Wildman–Crippen LogP) is 1.64. The van der Waals surface area contributed by atoms with E-state index in [2.05, 4.69) is 0 Å². The lowest BCUT2D eigenvalue weighted by Crippen LogP contribution is -2.63. The summed E-state index contributed by atoms with van der Waals surface area (Å²) in [5.41, 5.74) is -0.660. The molecular weight excluding hydrogens is 546 g/mol. The summed E-state index contributed by atoms with van der Waals surface area (Å²) in [6, 6.07) is -0.696. The Kier molecular flexibility index (Phi) is 11.9. The average Bonchev–Trinajstić information content (AvgIpc) is 3.61. The molecule has 0 saturated carbocycles. The summed E-state index contributed by atoms with van der Waals surface area (Å²) < 4.78 is 24.0. The molecule has 3 rings (SSSR count). The van der Waals surface area contributed by atoms with Gasteiger partial charge in [0.2, 0.25) is 0 Å². The van der Waals surface area contributed by atoms with E-state index in [0.717, 1.165) is 6.29 Å². The fraction of sp³-hybridized carbons (Fsp3) is 0.839. The Hall–Kier alpha value is -1.73. The number of likely N-dealkylation sites (N-methyl/N-ethyl adjacent to an activating group) is 1. The quantitative estimate of drug-likeness (QED) is 0.232. The van der Waals surface area contributed by atoms with E-state index >= 15 is 0 Å². The minimum absolute atomic E-state index is 0.0178. The van der Waals surface area contributed by atoms with Crippen LogP contribution in [0.4, 0.5) is 0 Å². The van der Waals surface area contributed by atoms with Crippen LogP contribution >= 0.6 is 0 Å². The van der Waals surface area contributed by atoms with Crippen LogP contribution in [-0.4, -0.2) is 113 Å². The molecule has 0 aromatic carbocycles. The van der Waals surface area contributed by atoms with Crippen LogP contribution in [0.1, 0.15) is 67.2 Å². The lowest BCUT2D eigenvalue weighted by Gasteiger charge is -2.46. The van der Waals surface area contributed by atoms with Crippen LogP contribution < -0.4 is 0 Å². The summed E-state index contributed by atoms with van der Waals surface area (Å²) in [7, 11) is 3.46. The average molecular weight is 598 g/mol. The smallest absolute Gasteiger partial charge is 0.308 e. The fourth-order valence-corrected chi connectivity index (χ4v) is 6.58. The first-order valence-corrected chi connectivity index (χ1v) is 15.2. The van der Waals surface area contributed by atoms with Gasteiger partial charge in [-0.25, -0.2) is 0 Å². The first kappa shape index (κ1) is 34.8. The number of aliphatic hydroxyl groups excluding tert-OH is 3. The number of cyclic esters (lactones) is 1. The van der Waals surface area contributed by atoms with E-state index in [1.165, 1.54) is 6.08 Å². The van der Waals surface area contributed by atoms with Gasteiger partial charge in [0.15, 0.2) is 12.1 Å². The third kappa shape index (κ3) is 7.85. The van der Waals surface area contributed by atoms with Gasteiger partial charge in [0, 0.05) is 24.2 Å². The number of aldehydes is 1. The molecule has 0 aliphatic carbocycles. The molecular formula is C31H51NO10. The van der Waals surface area contributed by atoms with Crippen molar-refractivity contribution >= 4 is 18.0 Å². The number of aliphatic hydroxyl groups is 3. The first-order chi connectivity index (χ1) is 19.6. The molecule has 42 heavy (non-hydrogen) atoms. The Bertz CT molecular complexity index is 973. The Balaban J connectivity index is 1.97. The Labute approximate surface area is 249 Å². The first-order valence-electron chi connectivity index (χ1n) is 15.2. The zero-order valence-electron chi connectivity index (χ0n) is 26.2. The molecule has 0 bridgehead atoms. The highest BCUT2D eigenvalue weighted by molar-refractivity contribution is 5.91. The number of epoxide rings is 1. The molecule has 3 aliphatic heterocycles. The highest BCUT2D eigenvalue weighted by Crippen LogP contribution is 2.45. The predicted molar refractivity (Wildman–Crippen MR) is 153 cm³/mol. The number of hydrogen-bond acceptors (Lipinski definition) is 11. The molecule has 3 N–H and O–H groups in total. The number of allylic oxidation sites excluding steroid dienone is 1. The van der Waals surface area contributed by atoms with Crippen molar-refractivity contribution in [1.29, 1.82) is 0 Å². The molecule has 0 radical (unpaired) electrons. The molecule has 11 nitrogen and oxygen atoms in total. The molecule has 3 aliphatic rings. The maximum absolute atomic E-state index is 13.2. The summed E-state index contributed by atoms with van der Waals surface area (Å²) in [6.45, 7) is 10.9. The lowest BCUT2D eigenvalue weighted by molar-refractivity contribution is -0.304. The van der Waals surface area contributed by atoms with Crippen molar-refractivity contribution in [2.24, 2.45) is 23.7 Å². The van der Waals surface area contributed by atoms with E-state index in [9.17, 15) is 29.7 Å². The highest BCUT2D eigenvalue weighted by atomic mass is 16.7. The Morgan fingerprint density at radius 2 is 1.76 bits per heavy atom. The van der Waals surface area contributed by atoms with Crippen LogP contribution in [-0.2, 0) is 33.3 Å². The number of nitrogens with zero attached hydrogens (tertiary/aromatic N) is 1. The summed E-state index contributed by atoms with van der Waals surface area (Å²) in [4.78, 5) is 39.8. The van der Waals surface area contributed by atoms with Gasteiger partial charge in [-0.1, -0.05) is 27.7 Å². The second-order valence-corrected chi connectivity index (χ2v) is 12.9. The molecule has 0 aromatic rings. The van der Waals surface area contributed by atoms with Crippen LogP contribution in [0.3, 0.4) is 0 Å².